The van der Waals surface area contributed by atoms with Gasteiger partial charge >= 0.3 is 0 Å². The summed E-state index contributed by atoms with van der Waals surface area (Å²) in [4.78, 5) is 18.4. The zero-order valence-corrected chi connectivity index (χ0v) is 20.5. The lowest BCUT2D eigenvalue weighted by atomic mass is 9.87. The normalized spacial score (nSPS) is 14.8. The second-order valence-corrected chi connectivity index (χ2v) is 10.0. The van der Waals surface area contributed by atoms with Crippen molar-refractivity contribution in [3.05, 3.63) is 75.9 Å². The molecule has 0 saturated carbocycles. The van der Waals surface area contributed by atoms with Crippen molar-refractivity contribution in [3.8, 4) is 5.75 Å². The van der Waals surface area contributed by atoms with Gasteiger partial charge in [0.1, 0.15) is 18.1 Å². The third-order valence-corrected chi connectivity index (χ3v) is 6.45. The molecule has 2 aromatic heterocycles. The van der Waals surface area contributed by atoms with Gasteiger partial charge in [-0.2, -0.15) is 0 Å². The van der Waals surface area contributed by atoms with Crippen LogP contribution >= 0.6 is 23.7 Å². The van der Waals surface area contributed by atoms with Crippen LogP contribution in [0.5, 0.6) is 5.75 Å². The largest absolute Gasteiger partial charge is 0.486 e. The first-order chi connectivity index (χ1) is 14.9. The molecule has 3 heterocycles. The maximum Gasteiger partial charge on any atom is 0.289 e. The van der Waals surface area contributed by atoms with Crippen molar-refractivity contribution in [3.63, 3.8) is 0 Å². The minimum atomic E-state index is -0.0449. The van der Waals surface area contributed by atoms with E-state index in [4.69, 9.17) is 9.15 Å². The molecule has 1 aliphatic heterocycles. The Morgan fingerprint density at radius 3 is 2.38 bits per heavy atom. The number of amides is 1. The second-order valence-electron chi connectivity index (χ2n) is 8.98. The SMILES string of the molecule is CC(C)(C)c1ccc(OCc2ccc(C(=O)N3CCN(Cc4cccs4)CC3)o2)cc1.Cl. The van der Waals surface area contributed by atoms with E-state index in [0.717, 1.165) is 38.5 Å². The highest BCUT2D eigenvalue weighted by Crippen LogP contribution is 2.25. The van der Waals surface area contributed by atoms with Gasteiger partial charge in [-0.25, -0.2) is 0 Å². The molecule has 1 aliphatic rings. The first-order valence-corrected chi connectivity index (χ1v) is 11.6. The van der Waals surface area contributed by atoms with Crippen molar-refractivity contribution in [1.29, 1.82) is 0 Å². The quantitative estimate of drug-likeness (QED) is 0.466. The van der Waals surface area contributed by atoms with Crippen molar-refractivity contribution in [2.24, 2.45) is 0 Å². The van der Waals surface area contributed by atoms with Crippen LogP contribution in [-0.2, 0) is 18.6 Å². The molecular weight excluding hydrogens is 444 g/mol. The molecule has 0 aliphatic carbocycles. The molecule has 32 heavy (non-hydrogen) atoms. The fourth-order valence-corrected chi connectivity index (χ4v) is 4.41. The number of thiophene rings is 1. The second kappa shape index (κ2) is 10.6. The van der Waals surface area contributed by atoms with Crippen molar-refractivity contribution in [2.45, 2.75) is 39.3 Å². The maximum atomic E-state index is 12.8. The van der Waals surface area contributed by atoms with Crippen molar-refractivity contribution < 1.29 is 13.9 Å². The Hall–Kier alpha value is -2.28. The van der Waals surface area contributed by atoms with Crippen molar-refractivity contribution in [1.82, 2.24) is 9.80 Å². The minimum Gasteiger partial charge on any atom is -0.486 e. The van der Waals surface area contributed by atoms with E-state index in [-0.39, 0.29) is 23.7 Å². The molecule has 7 heteroatoms. The number of rotatable bonds is 6. The summed E-state index contributed by atoms with van der Waals surface area (Å²) in [5, 5.41) is 2.11. The summed E-state index contributed by atoms with van der Waals surface area (Å²) in [7, 11) is 0. The number of hydrogen-bond donors (Lipinski definition) is 0. The average molecular weight is 475 g/mol. The van der Waals surface area contributed by atoms with Crippen LogP contribution in [-0.4, -0.2) is 41.9 Å². The van der Waals surface area contributed by atoms with E-state index in [1.54, 1.807) is 17.4 Å². The van der Waals surface area contributed by atoms with Crippen LogP contribution in [0.25, 0.3) is 0 Å². The number of piperazine rings is 1. The first kappa shape index (κ1) is 24.4. The molecule has 172 valence electrons. The number of nitrogens with zero attached hydrogens (tertiary/aromatic N) is 2. The lowest BCUT2D eigenvalue weighted by Gasteiger charge is -2.34. The number of furan rings is 1. The molecule has 0 spiro atoms. The van der Waals surface area contributed by atoms with Crippen LogP contribution in [0.1, 0.15) is 47.5 Å². The van der Waals surface area contributed by atoms with E-state index < -0.39 is 0 Å². The van der Waals surface area contributed by atoms with Crippen LogP contribution < -0.4 is 4.74 Å². The Morgan fingerprint density at radius 2 is 1.75 bits per heavy atom. The van der Waals surface area contributed by atoms with Crippen LogP contribution in [0.15, 0.2) is 58.3 Å². The van der Waals surface area contributed by atoms with Gasteiger partial charge in [0, 0.05) is 37.6 Å². The fraction of sp³-hybridized carbons (Fsp3) is 0.400. The Balaban J connectivity index is 0.00000289. The van der Waals surface area contributed by atoms with Crippen molar-refractivity contribution in [2.75, 3.05) is 26.2 Å². The Kier molecular flexibility index (Phi) is 8.04. The van der Waals surface area contributed by atoms with Gasteiger partial charge < -0.3 is 14.1 Å². The molecule has 4 rings (SSSR count). The predicted octanol–water partition coefficient (Wildman–Crippen LogP) is 5.60. The molecular formula is C25H31ClN2O3S. The molecule has 3 aromatic rings. The molecule has 1 saturated heterocycles. The molecule has 5 nitrogen and oxygen atoms in total. The highest BCUT2D eigenvalue weighted by molar-refractivity contribution is 7.09. The number of halogens is 1. The first-order valence-electron chi connectivity index (χ1n) is 10.7. The topological polar surface area (TPSA) is 45.9 Å². The van der Waals surface area contributed by atoms with E-state index in [1.165, 1.54) is 10.4 Å². The van der Waals surface area contributed by atoms with Crippen molar-refractivity contribution >= 4 is 29.7 Å². The smallest absolute Gasteiger partial charge is 0.289 e. The Morgan fingerprint density at radius 1 is 1.03 bits per heavy atom. The number of hydrogen-bond acceptors (Lipinski definition) is 5. The highest BCUT2D eigenvalue weighted by atomic mass is 35.5. The van der Waals surface area contributed by atoms with Crippen LogP contribution in [0.2, 0.25) is 0 Å². The van der Waals surface area contributed by atoms with E-state index in [9.17, 15) is 4.79 Å². The number of carbonyl (C=O) groups excluding carboxylic acids is 1. The zero-order valence-electron chi connectivity index (χ0n) is 18.9. The lowest BCUT2D eigenvalue weighted by molar-refractivity contribution is 0.0595. The Labute approximate surface area is 200 Å². The molecule has 0 radical (unpaired) electrons. The van der Waals surface area contributed by atoms with Gasteiger partial charge in [-0.15, -0.1) is 23.7 Å². The van der Waals surface area contributed by atoms with Gasteiger partial charge in [0.05, 0.1) is 0 Å². The van der Waals surface area contributed by atoms with Crippen LogP contribution in [0.4, 0.5) is 0 Å². The molecule has 0 atom stereocenters. The third kappa shape index (κ3) is 6.15. The predicted molar refractivity (Wildman–Crippen MR) is 131 cm³/mol. The summed E-state index contributed by atoms with van der Waals surface area (Å²) in [6, 6.07) is 15.9. The van der Waals surface area contributed by atoms with Crippen LogP contribution in [0, 0.1) is 0 Å². The van der Waals surface area contributed by atoms with Crippen LogP contribution in [0.3, 0.4) is 0 Å². The summed E-state index contributed by atoms with van der Waals surface area (Å²) in [6.45, 7) is 11.0. The van der Waals surface area contributed by atoms with Gasteiger partial charge in [-0.05, 0) is 46.7 Å². The fourth-order valence-electron chi connectivity index (χ4n) is 3.66. The van der Waals surface area contributed by atoms with Gasteiger partial charge in [-0.3, -0.25) is 9.69 Å². The van der Waals surface area contributed by atoms with Gasteiger partial charge in [0.2, 0.25) is 0 Å². The van der Waals surface area contributed by atoms with Gasteiger partial charge in [-0.1, -0.05) is 39.0 Å². The Bertz CT molecular complexity index is 985. The molecule has 0 bridgehead atoms. The zero-order chi connectivity index (χ0) is 21.8. The third-order valence-electron chi connectivity index (χ3n) is 5.59. The highest BCUT2D eigenvalue weighted by Gasteiger charge is 2.24. The molecule has 1 aromatic carbocycles. The summed E-state index contributed by atoms with van der Waals surface area (Å²) in [6.07, 6.45) is 0. The summed E-state index contributed by atoms with van der Waals surface area (Å²) in [5.74, 6) is 1.78. The lowest BCUT2D eigenvalue weighted by Crippen LogP contribution is -2.48. The summed E-state index contributed by atoms with van der Waals surface area (Å²) in [5.41, 5.74) is 1.38. The molecule has 0 N–H and O–H groups in total. The molecule has 1 amide bonds. The van der Waals surface area contributed by atoms with Gasteiger partial charge in [0.15, 0.2) is 5.76 Å². The van der Waals surface area contributed by atoms with E-state index in [2.05, 4.69) is 55.3 Å². The van der Waals surface area contributed by atoms with Gasteiger partial charge in [0.25, 0.3) is 5.91 Å². The summed E-state index contributed by atoms with van der Waals surface area (Å²) < 4.78 is 11.6. The minimum absolute atomic E-state index is 0. The number of carbonyl (C=O) groups is 1. The van der Waals surface area contributed by atoms with E-state index >= 15 is 0 Å². The maximum absolute atomic E-state index is 12.8. The molecule has 0 unspecified atom stereocenters. The number of benzene rings is 1. The van der Waals surface area contributed by atoms with E-state index in [1.807, 2.05) is 23.1 Å². The molecule has 1 fully saturated rings. The standard InChI is InChI=1S/C25H30N2O3S.ClH/c1-25(2,3)19-6-8-20(9-7-19)29-18-21-10-11-23(30-21)24(28)27-14-12-26(13-15-27)17-22-5-4-16-31-22;/h4-11,16H,12-15,17-18H2,1-3H3;1H. The summed E-state index contributed by atoms with van der Waals surface area (Å²) >= 11 is 1.78. The van der Waals surface area contributed by atoms with E-state index in [0.29, 0.717) is 18.1 Å². The number of ether oxygens (including phenoxy) is 1. The monoisotopic (exact) mass is 474 g/mol. The average Bonchev–Trinajstić information content (AvgIpc) is 3.44.